The monoisotopic (exact) mass is 358 g/mol. The summed E-state index contributed by atoms with van der Waals surface area (Å²) in [6.07, 6.45) is 3.62. The van der Waals surface area contributed by atoms with E-state index in [-0.39, 0.29) is 5.97 Å². The standard InChI is InChI=1S/C21H23ClO3/c1-3-14-8-11-20(18(22)12-14)24-13-17-16(15-9-10-15)6-5-7-19(17)25-21(23)4-2/h5-8,11-12,15H,3-4,9-10,13H2,1-2H3. The molecule has 0 bridgehead atoms. The van der Waals surface area contributed by atoms with E-state index in [1.54, 1.807) is 6.92 Å². The molecule has 1 aliphatic carbocycles. The van der Waals surface area contributed by atoms with Crippen LogP contribution in [0.2, 0.25) is 5.02 Å². The normalized spacial score (nSPS) is 13.6. The number of hydrogen-bond acceptors (Lipinski definition) is 3. The Kier molecular flexibility index (Phi) is 5.64. The highest BCUT2D eigenvalue weighted by molar-refractivity contribution is 6.32. The highest BCUT2D eigenvalue weighted by atomic mass is 35.5. The maximum absolute atomic E-state index is 11.7. The molecule has 2 aromatic carbocycles. The van der Waals surface area contributed by atoms with Crippen LogP contribution >= 0.6 is 11.6 Å². The molecule has 0 radical (unpaired) electrons. The van der Waals surface area contributed by atoms with Crippen molar-refractivity contribution in [3.63, 3.8) is 0 Å². The fraction of sp³-hybridized carbons (Fsp3) is 0.381. The van der Waals surface area contributed by atoms with Crippen molar-refractivity contribution >= 4 is 17.6 Å². The molecule has 0 atom stereocenters. The van der Waals surface area contributed by atoms with Gasteiger partial charge < -0.3 is 9.47 Å². The van der Waals surface area contributed by atoms with Crippen LogP contribution in [0.4, 0.5) is 0 Å². The van der Waals surface area contributed by atoms with Crippen LogP contribution in [-0.4, -0.2) is 5.97 Å². The third kappa shape index (κ3) is 4.35. The molecule has 3 rings (SSSR count). The molecule has 2 aromatic rings. The molecule has 0 heterocycles. The Morgan fingerprint density at radius 2 is 1.96 bits per heavy atom. The minimum atomic E-state index is -0.237. The summed E-state index contributed by atoms with van der Waals surface area (Å²) in [6.45, 7) is 4.22. The molecule has 0 spiro atoms. The SMILES string of the molecule is CCC(=O)Oc1cccc(C2CC2)c1COc1ccc(CC)cc1Cl. The molecular weight excluding hydrogens is 336 g/mol. The van der Waals surface area contributed by atoms with Crippen LogP contribution in [0.5, 0.6) is 11.5 Å². The first-order chi connectivity index (χ1) is 12.1. The Morgan fingerprint density at radius 1 is 1.16 bits per heavy atom. The number of esters is 1. The molecule has 0 N–H and O–H groups in total. The van der Waals surface area contributed by atoms with Gasteiger partial charge in [0, 0.05) is 12.0 Å². The maximum atomic E-state index is 11.7. The lowest BCUT2D eigenvalue weighted by atomic mass is 10.0. The van der Waals surface area contributed by atoms with Crippen molar-refractivity contribution in [3.05, 3.63) is 58.1 Å². The Hall–Kier alpha value is -2.00. The van der Waals surface area contributed by atoms with Gasteiger partial charge in [0.25, 0.3) is 0 Å². The van der Waals surface area contributed by atoms with Crippen LogP contribution in [-0.2, 0) is 17.8 Å². The van der Waals surface area contributed by atoms with Crippen molar-refractivity contribution in [3.8, 4) is 11.5 Å². The van der Waals surface area contributed by atoms with E-state index in [4.69, 9.17) is 21.1 Å². The predicted molar refractivity (Wildman–Crippen MR) is 99.5 cm³/mol. The van der Waals surface area contributed by atoms with Gasteiger partial charge in [-0.15, -0.1) is 0 Å². The van der Waals surface area contributed by atoms with E-state index in [1.807, 2.05) is 30.3 Å². The quantitative estimate of drug-likeness (QED) is 0.472. The second kappa shape index (κ2) is 7.92. The smallest absolute Gasteiger partial charge is 0.310 e. The number of hydrogen-bond donors (Lipinski definition) is 0. The Morgan fingerprint density at radius 3 is 2.60 bits per heavy atom. The van der Waals surface area contributed by atoms with Crippen LogP contribution in [0, 0.1) is 0 Å². The Bertz CT molecular complexity index is 766. The summed E-state index contributed by atoms with van der Waals surface area (Å²) >= 11 is 6.33. The molecule has 1 saturated carbocycles. The first-order valence-electron chi connectivity index (χ1n) is 8.86. The van der Waals surface area contributed by atoms with Gasteiger partial charge in [0.15, 0.2) is 0 Å². The minimum Gasteiger partial charge on any atom is -0.487 e. The Labute approximate surface area is 153 Å². The number of aryl methyl sites for hydroxylation is 1. The molecule has 132 valence electrons. The van der Waals surface area contributed by atoms with Gasteiger partial charge in [0.1, 0.15) is 18.1 Å². The zero-order chi connectivity index (χ0) is 17.8. The van der Waals surface area contributed by atoms with Crippen molar-refractivity contribution in [1.82, 2.24) is 0 Å². The molecule has 0 unspecified atom stereocenters. The topological polar surface area (TPSA) is 35.5 Å². The second-order valence-corrected chi connectivity index (χ2v) is 6.74. The summed E-state index contributed by atoms with van der Waals surface area (Å²) < 4.78 is 11.5. The van der Waals surface area contributed by atoms with Crippen molar-refractivity contribution < 1.29 is 14.3 Å². The van der Waals surface area contributed by atoms with E-state index in [2.05, 4.69) is 13.0 Å². The Balaban J connectivity index is 1.84. The first-order valence-corrected chi connectivity index (χ1v) is 9.23. The zero-order valence-electron chi connectivity index (χ0n) is 14.7. The van der Waals surface area contributed by atoms with Crippen LogP contribution in [0.15, 0.2) is 36.4 Å². The summed E-state index contributed by atoms with van der Waals surface area (Å²) in [7, 11) is 0. The summed E-state index contributed by atoms with van der Waals surface area (Å²) in [5.41, 5.74) is 3.33. The van der Waals surface area contributed by atoms with Crippen LogP contribution in [0.1, 0.15) is 55.7 Å². The van der Waals surface area contributed by atoms with Crippen LogP contribution in [0.3, 0.4) is 0 Å². The zero-order valence-corrected chi connectivity index (χ0v) is 15.4. The molecule has 3 nitrogen and oxygen atoms in total. The third-order valence-electron chi connectivity index (χ3n) is 4.48. The van der Waals surface area contributed by atoms with Crippen LogP contribution in [0.25, 0.3) is 0 Å². The number of carbonyl (C=O) groups is 1. The highest BCUT2D eigenvalue weighted by Crippen LogP contribution is 2.44. The molecule has 1 fully saturated rings. The molecule has 1 aliphatic rings. The van der Waals surface area contributed by atoms with Gasteiger partial charge in [-0.1, -0.05) is 43.6 Å². The van der Waals surface area contributed by atoms with Gasteiger partial charge in [0.2, 0.25) is 0 Å². The van der Waals surface area contributed by atoms with E-state index in [0.717, 1.165) is 12.0 Å². The van der Waals surface area contributed by atoms with Crippen molar-refractivity contribution in [2.24, 2.45) is 0 Å². The van der Waals surface area contributed by atoms with Gasteiger partial charge in [-0.05, 0) is 54.5 Å². The van der Waals surface area contributed by atoms with E-state index in [9.17, 15) is 4.79 Å². The van der Waals surface area contributed by atoms with Crippen molar-refractivity contribution in [2.75, 3.05) is 0 Å². The van der Waals surface area contributed by atoms with Gasteiger partial charge in [0.05, 0.1) is 5.02 Å². The number of halogens is 1. The maximum Gasteiger partial charge on any atom is 0.310 e. The molecule has 25 heavy (non-hydrogen) atoms. The van der Waals surface area contributed by atoms with E-state index < -0.39 is 0 Å². The lowest BCUT2D eigenvalue weighted by molar-refractivity contribution is -0.134. The summed E-state index contributed by atoms with van der Waals surface area (Å²) in [6, 6.07) is 11.7. The van der Waals surface area contributed by atoms with E-state index in [0.29, 0.717) is 35.5 Å². The predicted octanol–water partition coefficient (Wildman–Crippen LogP) is 5.67. The largest absolute Gasteiger partial charge is 0.487 e. The van der Waals surface area contributed by atoms with Gasteiger partial charge in [-0.2, -0.15) is 0 Å². The lowest BCUT2D eigenvalue weighted by Crippen LogP contribution is -2.10. The molecular formula is C21H23ClO3. The summed E-state index contributed by atoms with van der Waals surface area (Å²) in [4.78, 5) is 11.7. The average Bonchev–Trinajstić information content (AvgIpc) is 3.46. The minimum absolute atomic E-state index is 0.237. The second-order valence-electron chi connectivity index (χ2n) is 6.33. The molecule has 0 aromatic heterocycles. The average molecular weight is 359 g/mol. The molecule has 4 heteroatoms. The van der Waals surface area contributed by atoms with Crippen molar-refractivity contribution in [2.45, 2.75) is 52.1 Å². The van der Waals surface area contributed by atoms with Gasteiger partial charge in [-0.25, -0.2) is 0 Å². The van der Waals surface area contributed by atoms with E-state index in [1.165, 1.54) is 24.0 Å². The number of benzene rings is 2. The van der Waals surface area contributed by atoms with Crippen molar-refractivity contribution in [1.29, 1.82) is 0 Å². The summed E-state index contributed by atoms with van der Waals surface area (Å²) in [5.74, 6) is 1.55. The first kappa shape index (κ1) is 17.8. The molecule has 0 saturated heterocycles. The van der Waals surface area contributed by atoms with E-state index >= 15 is 0 Å². The fourth-order valence-corrected chi connectivity index (χ4v) is 3.09. The number of rotatable bonds is 7. The lowest BCUT2D eigenvalue weighted by Gasteiger charge is -2.16. The van der Waals surface area contributed by atoms with Gasteiger partial charge >= 0.3 is 5.97 Å². The molecule has 0 amide bonds. The number of ether oxygens (including phenoxy) is 2. The highest BCUT2D eigenvalue weighted by Gasteiger charge is 2.28. The summed E-state index contributed by atoms with van der Waals surface area (Å²) in [5, 5.41) is 0.607. The fourth-order valence-electron chi connectivity index (χ4n) is 2.84. The molecule has 0 aliphatic heterocycles. The van der Waals surface area contributed by atoms with Crippen LogP contribution < -0.4 is 9.47 Å². The van der Waals surface area contributed by atoms with Gasteiger partial charge in [-0.3, -0.25) is 4.79 Å². The number of carbonyl (C=O) groups excluding carboxylic acids is 1. The third-order valence-corrected chi connectivity index (χ3v) is 4.77.